The minimum Gasteiger partial charge on any atom is -0.381 e. The first kappa shape index (κ1) is 21.2. The van der Waals surface area contributed by atoms with Crippen molar-refractivity contribution in [1.29, 1.82) is 0 Å². The van der Waals surface area contributed by atoms with Gasteiger partial charge in [0.15, 0.2) is 10.8 Å². The largest absolute Gasteiger partial charge is 0.381 e. The van der Waals surface area contributed by atoms with Crippen molar-refractivity contribution in [1.82, 2.24) is 24.9 Å². The summed E-state index contributed by atoms with van der Waals surface area (Å²) in [6, 6.07) is 6.25. The van der Waals surface area contributed by atoms with Gasteiger partial charge in [0.25, 0.3) is 5.91 Å². The maximum absolute atomic E-state index is 12.5. The molecule has 0 bridgehead atoms. The minimum atomic E-state index is 0.00278. The molecule has 3 aromatic rings. The molecule has 168 valence electrons. The van der Waals surface area contributed by atoms with E-state index in [2.05, 4.69) is 20.7 Å². The van der Waals surface area contributed by atoms with E-state index in [1.165, 1.54) is 11.8 Å². The average molecular weight is 453 g/mol. The zero-order valence-electron chi connectivity index (χ0n) is 18.4. The molecule has 9 heteroatoms. The Kier molecular flexibility index (Phi) is 6.01. The van der Waals surface area contributed by atoms with E-state index in [9.17, 15) is 4.79 Å². The molecule has 1 aliphatic carbocycles. The second-order valence-electron chi connectivity index (χ2n) is 8.54. The van der Waals surface area contributed by atoms with Gasteiger partial charge in [-0.05, 0) is 62.0 Å². The lowest BCUT2D eigenvalue weighted by Crippen LogP contribution is -2.26. The number of anilines is 1. The van der Waals surface area contributed by atoms with E-state index in [0.717, 1.165) is 73.3 Å². The Bertz CT molecular complexity index is 1140. The Morgan fingerprint density at radius 1 is 1.22 bits per heavy atom. The first-order valence-corrected chi connectivity index (χ1v) is 12.4. The fourth-order valence-electron chi connectivity index (χ4n) is 4.03. The van der Waals surface area contributed by atoms with E-state index in [1.54, 1.807) is 4.52 Å². The summed E-state index contributed by atoms with van der Waals surface area (Å²) in [6.45, 7) is 4.45. The van der Waals surface area contributed by atoms with Crippen molar-refractivity contribution in [3.63, 3.8) is 0 Å². The maximum Gasteiger partial charge on any atom is 0.251 e. The van der Waals surface area contributed by atoms with Crippen LogP contribution in [0.2, 0.25) is 0 Å². The van der Waals surface area contributed by atoms with Crippen LogP contribution in [0.5, 0.6) is 0 Å². The standard InChI is InChI=1S/C23H28N6O2S/c1-14-11-16(3-6-18(14)21(30)26-17-4-5-17)19-13-25-29-20(19)27-23(32-2)28-22(29)24-12-15-7-9-31-10-8-15/h3,6,11,13,15,17H,4-5,7-10,12H2,1-2H3,(H,26,30)(H,24,27,28). The lowest BCUT2D eigenvalue weighted by atomic mass is 10.0. The summed E-state index contributed by atoms with van der Waals surface area (Å²) in [6.07, 6.45) is 8.07. The van der Waals surface area contributed by atoms with E-state index in [-0.39, 0.29) is 5.91 Å². The number of carbonyl (C=O) groups excluding carboxylic acids is 1. The van der Waals surface area contributed by atoms with Crippen LogP contribution in [0.3, 0.4) is 0 Å². The monoisotopic (exact) mass is 452 g/mol. The Morgan fingerprint density at radius 2 is 2.03 bits per heavy atom. The van der Waals surface area contributed by atoms with Gasteiger partial charge in [0.2, 0.25) is 5.95 Å². The van der Waals surface area contributed by atoms with Crippen LogP contribution >= 0.6 is 11.8 Å². The molecule has 2 fully saturated rings. The van der Waals surface area contributed by atoms with Crippen LogP contribution in [-0.2, 0) is 4.74 Å². The van der Waals surface area contributed by atoms with E-state index in [4.69, 9.17) is 9.72 Å². The summed E-state index contributed by atoms with van der Waals surface area (Å²) < 4.78 is 7.24. The Hall–Kier alpha value is -2.65. The number of hydrogen-bond acceptors (Lipinski definition) is 7. The van der Waals surface area contributed by atoms with Gasteiger partial charge in [-0.25, -0.2) is 4.98 Å². The third-order valence-corrected chi connectivity index (χ3v) is 6.66. The molecule has 1 amide bonds. The lowest BCUT2D eigenvalue weighted by Gasteiger charge is -2.22. The molecule has 2 aliphatic rings. The number of nitrogens with one attached hydrogen (secondary N) is 2. The van der Waals surface area contributed by atoms with E-state index < -0.39 is 0 Å². The van der Waals surface area contributed by atoms with Crippen molar-refractivity contribution in [2.75, 3.05) is 31.3 Å². The van der Waals surface area contributed by atoms with Crippen LogP contribution in [0.4, 0.5) is 5.95 Å². The highest BCUT2D eigenvalue weighted by molar-refractivity contribution is 7.98. The maximum atomic E-state index is 12.5. The van der Waals surface area contributed by atoms with Crippen LogP contribution < -0.4 is 10.6 Å². The first-order valence-electron chi connectivity index (χ1n) is 11.2. The molecular formula is C23H28N6O2S. The van der Waals surface area contributed by atoms with Crippen molar-refractivity contribution < 1.29 is 9.53 Å². The van der Waals surface area contributed by atoms with Gasteiger partial charge in [-0.3, -0.25) is 4.79 Å². The van der Waals surface area contributed by atoms with Gasteiger partial charge in [0.05, 0.1) is 6.20 Å². The molecule has 2 N–H and O–H groups in total. The van der Waals surface area contributed by atoms with E-state index in [1.807, 2.05) is 37.6 Å². The van der Waals surface area contributed by atoms with Crippen LogP contribution in [-0.4, -0.2) is 57.5 Å². The molecule has 5 rings (SSSR count). The van der Waals surface area contributed by atoms with Crippen LogP contribution in [0.25, 0.3) is 16.8 Å². The third kappa shape index (κ3) is 4.45. The molecule has 1 saturated carbocycles. The van der Waals surface area contributed by atoms with Gasteiger partial charge in [0, 0.05) is 36.9 Å². The summed E-state index contributed by atoms with van der Waals surface area (Å²) in [5, 5.41) is 11.8. The molecule has 3 heterocycles. The molecule has 0 spiro atoms. The highest BCUT2D eigenvalue weighted by Gasteiger charge is 2.24. The molecule has 0 unspecified atom stereocenters. The quantitative estimate of drug-likeness (QED) is 0.530. The third-order valence-electron chi connectivity index (χ3n) is 6.11. The highest BCUT2D eigenvalue weighted by Crippen LogP contribution is 2.29. The predicted molar refractivity (Wildman–Crippen MR) is 125 cm³/mol. The van der Waals surface area contributed by atoms with E-state index >= 15 is 0 Å². The number of nitrogens with zero attached hydrogens (tertiary/aromatic N) is 4. The van der Waals surface area contributed by atoms with Gasteiger partial charge in [-0.1, -0.05) is 23.9 Å². The van der Waals surface area contributed by atoms with Gasteiger partial charge >= 0.3 is 0 Å². The van der Waals surface area contributed by atoms with Gasteiger partial charge in [0.1, 0.15) is 0 Å². The number of amides is 1. The highest BCUT2D eigenvalue weighted by atomic mass is 32.2. The molecule has 0 atom stereocenters. The second kappa shape index (κ2) is 9.07. The van der Waals surface area contributed by atoms with Crippen LogP contribution in [0.15, 0.2) is 29.6 Å². The number of carbonyl (C=O) groups is 1. The summed E-state index contributed by atoms with van der Waals surface area (Å²) in [7, 11) is 0. The summed E-state index contributed by atoms with van der Waals surface area (Å²) in [5.41, 5.74) is 4.33. The van der Waals surface area contributed by atoms with Crippen molar-refractivity contribution in [2.24, 2.45) is 5.92 Å². The number of rotatable bonds is 7. The topological polar surface area (TPSA) is 93.4 Å². The number of fused-ring (bicyclic) bond motifs is 1. The molecule has 1 aromatic carbocycles. The Balaban J connectivity index is 1.44. The number of benzene rings is 1. The molecular weight excluding hydrogens is 424 g/mol. The predicted octanol–water partition coefficient (Wildman–Crippen LogP) is 3.55. The molecule has 2 aromatic heterocycles. The van der Waals surface area contributed by atoms with Crippen LogP contribution in [0, 0.1) is 12.8 Å². The SMILES string of the molecule is CSc1nc(NCC2CCOCC2)n2ncc(-c3ccc(C(=O)NC4CC4)c(C)c3)c2n1. The van der Waals surface area contributed by atoms with Crippen molar-refractivity contribution in [3.05, 3.63) is 35.5 Å². The van der Waals surface area contributed by atoms with E-state index in [0.29, 0.717) is 23.1 Å². The number of aromatic nitrogens is 4. The Morgan fingerprint density at radius 3 is 2.75 bits per heavy atom. The van der Waals surface area contributed by atoms with Crippen LogP contribution in [0.1, 0.15) is 41.6 Å². The smallest absolute Gasteiger partial charge is 0.251 e. The number of hydrogen-bond donors (Lipinski definition) is 2. The molecule has 1 saturated heterocycles. The summed E-state index contributed by atoms with van der Waals surface area (Å²) in [5.74, 6) is 1.27. The summed E-state index contributed by atoms with van der Waals surface area (Å²) in [4.78, 5) is 21.9. The summed E-state index contributed by atoms with van der Waals surface area (Å²) >= 11 is 1.51. The lowest BCUT2D eigenvalue weighted by molar-refractivity contribution is 0.0699. The Labute approximate surface area is 191 Å². The second-order valence-corrected chi connectivity index (χ2v) is 9.32. The normalized spacial score (nSPS) is 16.9. The molecule has 1 aliphatic heterocycles. The van der Waals surface area contributed by atoms with Crippen molar-refractivity contribution in [2.45, 2.75) is 43.8 Å². The first-order chi connectivity index (χ1) is 15.6. The number of aryl methyl sites for hydroxylation is 1. The zero-order chi connectivity index (χ0) is 22.1. The van der Waals surface area contributed by atoms with Crippen molar-refractivity contribution >= 4 is 29.3 Å². The minimum absolute atomic E-state index is 0.00278. The fourth-order valence-corrected chi connectivity index (χ4v) is 4.39. The molecule has 0 radical (unpaired) electrons. The van der Waals surface area contributed by atoms with Gasteiger partial charge < -0.3 is 15.4 Å². The molecule has 32 heavy (non-hydrogen) atoms. The zero-order valence-corrected chi connectivity index (χ0v) is 19.2. The number of ether oxygens (including phenoxy) is 1. The van der Waals surface area contributed by atoms with Gasteiger partial charge in [-0.15, -0.1) is 0 Å². The average Bonchev–Trinajstić information content (AvgIpc) is 3.52. The fraction of sp³-hybridized carbons (Fsp3) is 0.478. The molecule has 8 nitrogen and oxygen atoms in total. The van der Waals surface area contributed by atoms with Crippen molar-refractivity contribution in [3.8, 4) is 11.1 Å². The number of thioether (sulfide) groups is 1. The van der Waals surface area contributed by atoms with Gasteiger partial charge in [-0.2, -0.15) is 14.6 Å².